The van der Waals surface area contributed by atoms with E-state index >= 15 is 0 Å². The van der Waals surface area contributed by atoms with Crippen molar-refractivity contribution in [1.29, 1.82) is 0 Å². The Bertz CT molecular complexity index is 1020. The predicted octanol–water partition coefficient (Wildman–Crippen LogP) is 4.25. The van der Waals surface area contributed by atoms with Crippen LogP contribution in [0.5, 0.6) is 0 Å². The molecule has 1 aliphatic rings. The standard InChI is InChI=1S/C22H25N5OS/c1-4-8-18-24-25-22-27(18)26-19(16-9-6-5-7-10-16)20(29-22)21(28)23-17-12-11-14(2)13-15(17)3/h5-7,9-13,19-20,26H,4,8H2,1-3H3,(H,23,28)/t19-,20-/m0/s1. The molecule has 0 spiro atoms. The van der Waals surface area contributed by atoms with Crippen LogP contribution in [0.3, 0.4) is 0 Å². The first-order valence-corrected chi connectivity index (χ1v) is 10.8. The van der Waals surface area contributed by atoms with Crippen molar-refractivity contribution in [3.63, 3.8) is 0 Å². The minimum Gasteiger partial charge on any atom is -0.325 e. The van der Waals surface area contributed by atoms with Gasteiger partial charge in [0.1, 0.15) is 5.25 Å². The lowest BCUT2D eigenvalue weighted by Gasteiger charge is -2.33. The van der Waals surface area contributed by atoms with Gasteiger partial charge in [0, 0.05) is 12.1 Å². The molecule has 1 aliphatic heterocycles. The van der Waals surface area contributed by atoms with E-state index < -0.39 is 0 Å². The Morgan fingerprint density at radius 2 is 1.97 bits per heavy atom. The van der Waals surface area contributed by atoms with Gasteiger partial charge in [-0.25, -0.2) is 4.68 Å². The van der Waals surface area contributed by atoms with Crippen LogP contribution in [0.25, 0.3) is 0 Å². The highest BCUT2D eigenvalue weighted by atomic mass is 32.2. The molecular formula is C22H25N5OS. The summed E-state index contributed by atoms with van der Waals surface area (Å²) in [6, 6.07) is 15.9. The van der Waals surface area contributed by atoms with Crippen LogP contribution >= 0.6 is 11.8 Å². The zero-order valence-electron chi connectivity index (χ0n) is 16.8. The molecule has 150 valence electrons. The molecule has 0 bridgehead atoms. The first-order chi connectivity index (χ1) is 14.1. The molecule has 3 aromatic rings. The summed E-state index contributed by atoms with van der Waals surface area (Å²) >= 11 is 1.46. The topological polar surface area (TPSA) is 71.8 Å². The van der Waals surface area contributed by atoms with E-state index in [1.165, 1.54) is 17.3 Å². The number of thioether (sulfide) groups is 1. The fraction of sp³-hybridized carbons (Fsp3) is 0.318. The van der Waals surface area contributed by atoms with Gasteiger partial charge in [0.2, 0.25) is 11.1 Å². The Balaban J connectivity index is 1.66. The van der Waals surface area contributed by atoms with E-state index in [2.05, 4.69) is 33.9 Å². The quantitative estimate of drug-likeness (QED) is 0.662. The molecule has 4 rings (SSSR count). The summed E-state index contributed by atoms with van der Waals surface area (Å²) in [6.07, 6.45) is 1.82. The molecule has 0 radical (unpaired) electrons. The summed E-state index contributed by atoms with van der Waals surface area (Å²) in [5.74, 6) is 0.846. The second kappa shape index (κ2) is 8.29. The second-order valence-electron chi connectivity index (χ2n) is 7.35. The lowest BCUT2D eigenvalue weighted by Crippen LogP contribution is -2.41. The molecule has 0 fully saturated rings. The van der Waals surface area contributed by atoms with Gasteiger partial charge < -0.3 is 10.7 Å². The first kappa shape index (κ1) is 19.5. The van der Waals surface area contributed by atoms with E-state index in [0.717, 1.165) is 40.6 Å². The van der Waals surface area contributed by atoms with Crippen molar-refractivity contribution in [2.75, 3.05) is 10.7 Å². The molecule has 0 unspecified atom stereocenters. The molecule has 2 aromatic carbocycles. The number of nitrogens with zero attached hydrogens (tertiary/aromatic N) is 3. The van der Waals surface area contributed by atoms with Crippen molar-refractivity contribution in [3.05, 3.63) is 71.0 Å². The van der Waals surface area contributed by atoms with Gasteiger partial charge in [-0.15, -0.1) is 10.2 Å². The molecule has 0 saturated heterocycles. The van der Waals surface area contributed by atoms with Crippen LogP contribution in [0.15, 0.2) is 53.7 Å². The molecule has 1 amide bonds. The number of nitrogens with one attached hydrogen (secondary N) is 2. The average molecular weight is 408 g/mol. The summed E-state index contributed by atoms with van der Waals surface area (Å²) < 4.78 is 1.94. The zero-order valence-corrected chi connectivity index (χ0v) is 17.7. The molecule has 0 saturated carbocycles. The third-order valence-corrected chi connectivity index (χ3v) is 6.25. The van der Waals surface area contributed by atoms with Gasteiger partial charge in [0.15, 0.2) is 5.82 Å². The third kappa shape index (κ3) is 4.00. The van der Waals surface area contributed by atoms with E-state index in [0.29, 0.717) is 0 Å². The van der Waals surface area contributed by atoms with Crippen molar-refractivity contribution >= 4 is 23.4 Å². The Hall–Kier alpha value is -2.80. The van der Waals surface area contributed by atoms with Crippen LogP contribution in [0.4, 0.5) is 5.69 Å². The van der Waals surface area contributed by atoms with Gasteiger partial charge in [-0.05, 0) is 37.5 Å². The molecule has 29 heavy (non-hydrogen) atoms. The van der Waals surface area contributed by atoms with E-state index in [1.807, 2.05) is 61.0 Å². The monoisotopic (exact) mass is 407 g/mol. The lowest BCUT2D eigenvalue weighted by atomic mass is 10.0. The zero-order chi connectivity index (χ0) is 20.4. The van der Waals surface area contributed by atoms with Crippen LogP contribution in [0.1, 0.15) is 41.9 Å². The van der Waals surface area contributed by atoms with Crippen molar-refractivity contribution < 1.29 is 4.79 Å². The lowest BCUT2D eigenvalue weighted by molar-refractivity contribution is -0.116. The van der Waals surface area contributed by atoms with Crippen molar-refractivity contribution in [2.45, 2.75) is 50.1 Å². The number of benzene rings is 2. The summed E-state index contributed by atoms with van der Waals surface area (Å²) in [5, 5.41) is 12.1. The van der Waals surface area contributed by atoms with Gasteiger partial charge in [-0.1, -0.05) is 66.7 Å². The smallest absolute Gasteiger partial charge is 0.240 e. The summed E-state index contributed by atoms with van der Waals surface area (Å²) in [5.41, 5.74) is 7.62. The van der Waals surface area contributed by atoms with Gasteiger partial charge in [-0.3, -0.25) is 4.79 Å². The molecule has 0 aliphatic carbocycles. The number of hydrogen-bond donors (Lipinski definition) is 2. The first-order valence-electron chi connectivity index (χ1n) is 9.87. The number of aryl methyl sites for hydroxylation is 3. The summed E-state index contributed by atoms with van der Waals surface area (Å²) in [6.45, 7) is 6.18. The maximum Gasteiger partial charge on any atom is 0.240 e. The maximum absolute atomic E-state index is 13.3. The Labute approximate surface area is 175 Å². The molecule has 1 aromatic heterocycles. The van der Waals surface area contributed by atoms with Crippen molar-refractivity contribution in [1.82, 2.24) is 14.9 Å². The highest BCUT2D eigenvalue weighted by molar-refractivity contribution is 8.00. The van der Waals surface area contributed by atoms with E-state index in [-0.39, 0.29) is 17.2 Å². The average Bonchev–Trinajstić information content (AvgIpc) is 3.12. The van der Waals surface area contributed by atoms with Gasteiger partial charge >= 0.3 is 0 Å². The molecular weight excluding hydrogens is 382 g/mol. The minimum atomic E-state index is -0.371. The SMILES string of the molecule is CCCc1nnc2n1N[C@@H](c1ccccc1)[C@@H](C(=O)Nc1ccc(C)cc1C)S2. The predicted molar refractivity (Wildman–Crippen MR) is 117 cm³/mol. The molecule has 2 heterocycles. The van der Waals surface area contributed by atoms with Crippen molar-refractivity contribution in [2.24, 2.45) is 0 Å². The number of anilines is 1. The minimum absolute atomic E-state index is 0.0467. The fourth-order valence-electron chi connectivity index (χ4n) is 3.55. The number of rotatable bonds is 5. The van der Waals surface area contributed by atoms with Gasteiger partial charge in [0.05, 0.1) is 6.04 Å². The number of amides is 1. The van der Waals surface area contributed by atoms with Crippen LogP contribution in [-0.4, -0.2) is 26.0 Å². The Morgan fingerprint density at radius 1 is 1.17 bits per heavy atom. The van der Waals surface area contributed by atoms with Crippen LogP contribution in [0, 0.1) is 13.8 Å². The Morgan fingerprint density at radius 3 is 2.69 bits per heavy atom. The summed E-state index contributed by atoms with van der Waals surface area (Å²) in [4.78, 5) is 13.3. The molecule has 7 heteroatoms. The number of carbonyl (C=O) groups is 1. The molecule has 2 N–H and O–H groups in total. The second-order valence-corrected chi connectivity index (χ2v) is 8.46. The van der Waals surface area contributed by atoms with E-state index in [9.17, 15) is 4.79 Å². The van der Waals surface area contributed by atoms with E-state index in [1.54, 1.807) is 0 Å². The number of carbonyl (C=O) groups excluding carboxylic acids is 1. The van der Waals surface area contributed by atoms with Crippen LogP contribution in [0.2, 0.25) is 0 Å². The third-order valence-electron chi connectivity index (χ3n) is 5.03. The molecule has 6 nitrogen and oxygen atoms in total. The fourth-order valence-corrected chi connectivity index (χ4v) is 4.65. The normalized spacial score (nSPS) is 18.0. The van der Waals surface area contributed by atoms with Gasteiger partial charge in [0.25, 0.3) is 0 Å². The van der Waals surface area contributed by atoms with Crippen LogP contribution in [-0.2, 0) is 11.2 Å². The number of aromatic nitrogens is 3. The maximum atomic E-state index is 13.3. The number of fused-ring (bicyclic) bond motifs is 1. The number of hydrogen-bond acceptors (Lipinski definition) is 5. The molecule has 2 atom stereocenters. The summed E-state index contributed by atoms with van der Waals surface area (Å²) in [7, 11) is 0. The highest BCUT2D eigenvalue weighted by Gasteiger charge is 2.37. The van der Waals surface area contributed by atoms with E-state index in [4.69, 9.17) is 0 Å². The highest BCUT2D eigenvalue weighted by Crippen LogP contribution is 2.37. The van der Waals surface area contributed by atoms with Gasteiger partial charge in [-0.2, -0.15) is 0 Å². The largest absolute Gasteiger partial charge is 0.325 e. The van der Waals surface area contributed by atoms with Crippen LogP contribution < -0.4 is 10.7 Å². The Kier molecular flexibility index (Phi) is 5.58. The van der Waals surface area contributed by atoms with Crippen molar-refractivity contribution in [3.8, 4) is 0 Å².